The number of carbonyl (C=O) groups is 1. The summed E-state index contributed by atoms with van der Waals surface area (Å²) in [7, 11) is 3.45. The molecule has 5 N–H and O–H groups in total. The number of fused-ring (bicyclic) bond motifs is 1. The van der Waals surface area contributed by atoms with Gasteiger partial charge >= 0.3 is 0 Å². The van der Waals surface area contributed by atoms with Gasteiger partial charge in [-0.2, -0.15) is 4.98 Å². The van der Waals surface area contributed by atoms with Crippen LogP contribution in [0, 0.1) is 12.3 Å². The number of aryl methyl sites for hydroxylation is 1. The van der Waals surface area contributed by atoms with Crippen molar-refractivity contribution >= 4 is 40.5 Å². The van der Waals surface area contributed by atoms with E-state index in [9.17, 15) is 9.90 Å². The van der Waals surface area contributed by atoms with Gasteiger partial charge in [0.05, 0.1) is 5.56 Å². The molecule has 0 spiro atoms. The van der Waals surface area contributed by atoms with Crippen molar-refractivity contribution in [3.05, 3.63) is 54.1 Å². The third-order valence-electron chi connectivity index (χ3n) is 6.77. The van der Waals surface area contributed by atoms with Crippen LogP contribution in [0.1, 0.15) is 17.5 Å². The van der Waals surface area contributed by atoms with Gasteiger partial charge in [0.2, 0.25) is 11.9 Å². The lowest BCUT2D eigenvalue weighted by molar-refractivity contribution is -0.128. The average Bonchev–Trinajstić information content (AvgIpc) is 2.94. The van der Waals surface area contributed by atoms with Crippen molar-refractivity contribution in [1.82, 2.24) is 19.8 Å². The molecule has 3 aromatic rings. The number of rotatable bonds is 10. The number of hydrogen-bond donors (Lipinski definition) is 4. The maximum atomic E-state index is 12.1. The normalized spacial score (nSPS) is 14.6. The number of piperazine rings is 1. The lowest BCUT2D eigenvalue weighted by atomic mass is 10.1. The molecule has 39 heavy (non-hydrogen) atoms. The number of ether oxygens (including phenoxy) is 1. The van der Waals surface area contributed by atoms with Crippen LogP contribution in [-0.2, 0) is 4.79 Å². The van der Waals surface area contributed by atoms with Crippen LogP contribution in [0.15, 0.2) is 43.0 Å². The SMILES string of the molecule is C=CC(O)N1CCN(c2nc(NCCC(=O)N(C)C)nc3c(Oc4c(C)ccc(N)c4C=N)cccc23)CC1. The minimum Gasteiger partial charge on any atom is -0.454 e. The number of amides is 1. The highest BCUT2D eigenvalue weighted by Gasteiger charge is 2.24. The maximum absolute atomic E-state index is 12.1. The molecular weight excluding hydrogens is 496 g/mol. The Bertz CT molecular complexity index is 1370. The van der Waals surface area contributed by atoms with Crippen LogP contribution in [0.5, 0.6) is 11.5 Å². The van der Waals surface area contributed by atoms with Gasteiger partial charge in [0.15, 0.2) is 5.75 Å². The van der Waals surface area contributed by atoms with Crippen molar-refractivity contribution in [3.63, 3.8) is 0 Å². The molecular formula is C28H36N8O3. The van der Waals surface area contributed by atoms with Crippen molar-refractivity contribution < 1.29 is 14.6 Å². The quantitative estimate of drug-likeness (QED) is 0.176. The number of nitrogens with one attached hydrogen (secondary N) is 2. The van der Waals surface area contributed by atoms with E-state index in [1.165, 1.54) is 12.3 Å². The van der Waals surface area contributed by atoms with Crippen LogP contribution in [0.25, 0.3) is 10.9 Å². The summed E-state index contributed by atoms with van der Waals surface area (Å²) in [5.74, 6) is 2.11. The summed E-state index contributed by atoms with van der Waals surface area (Å²) in [5.41, 5.74) is 8.51. The van der Waals surface area contributed by atoms with E-state index in [1.807, 2.05) is 36.1 Å². The van der Waals surface area contributed by atoms with Crippen LogP contribution >= 0.6 is 0 Å². The number of aliphatic hydroxyl groups excluding tert-OH is 1. The number of nitrogens with zero attached hydrogens (tertiary/aromatic N) is 5. The number of para-hydroxylation sites is 1. The van der Waals surface area contributed by atoms with Crippen molar-refractivity contribution in [1.29, 1.82) is 5.41 Å². The van der Waals surface area contributed by atoms with E-state index in [4.69, 9.17) is 25.8 Å². The van der Waals surface area contributed by atoms with E-state index >= 15 is 0 Å². The zero-order valence-electron chi connectivity index (χ0n) is 22.6. The minimum absolute atomic E-state index is 0.000693. The molecule has 1 aliphatic rings. The molecule has 1 atom stereocenters. The number of nitrogens with two attached hydrogens (primary N) is 1. The van der Waals surface area contributed by atoms with E-state index in [-0.39, 0.29) is 5.91 Å². The van der Waals surface area contributed by atoms with Gasteiger partial charge < -0.3 is 36.1 Å². The summed E-state index contributed by atoms with van der Waals surface area (Å²) in [4.78, 5) is 27.4. The van der Waals surface area contributed by atoms with Gasteiger partial charge in [-0.05, 0) is 36.8 Å². The highest BCUT2D eigenvalue weighted by atomic mass is 16.5. The van der Waals surface area contributed by atoms with E-state index in [2.05, 4.69) is 16.8 Å². The molecule has 2 aromatic carbocycles. The first-order chi connectivity index (χ1) is 18.7. The molecule has 1 saturated heterocycles. The van der Waals surface area contributed by atoms with Crippen LogP contribution in [0.2, 0.25) is 0 Å². The first-order valence-electron chi connectivity index (χ1n) is 12.8. The summed E-state index contributed by atoms with van der Waals surface area (Å²) in [6.07, 6.45) is 2.32. The second-order valence-electron chi connectivity index (χ2n) is 9.62. The summed E-state index contributed by atoms with van der Waals surface area (Å²) >= 11 is 0. The number of carbonyl (C=O) groups excluding carboxylic acids is 1. The topological polar surface area (TPSA) is 144 Å². The number of nitrogen functional groups attached to an aromatic ring is 1. The van der Waals surface area contributed by atoms with E-state index in [0.29, 0.717) is 73.4 Å². The van der Waals surface area contributed by atoms with Crippen LogP contribution in [0.3, 0.4) is 0 Å². The van der Waals surface area contributed by atoms with E-state index in [1.54, 1.807) is 25.1 Å². The molecule has 11 nitrogen and oxygen atoms in total. The Morgan fingerprint density at radius 3 is 2.67 bits per heavy atom. The molecule has 1 amide bonds. The van der Waals surface area contributed by atoms with Gasteiger partial charge in [0.1, 0.15) is 23.3 Å². The van der Waals surface area contributed by atoms with Crippen molar-refractivity contribution in [2.75, 3.05) is 62.8 Å². The predicted octanol–water partition coefficient (Wildman–Crippen LogP) is 2.83. The lowest BCUT2D eigenvalue weighted by Crippen LogP contribution is -2.50. The second-order valence-corrected chi connectivity index (χ2v) is 9.62. The largest absolute Gasteiger partial charge is 0.454 e. The Morgan fingerprint density at radius 1 is 1.26 bits per heavy atom. The molecule has 1 unspecified atom stereocenters. The Hall–Kier alpha value is -4.22. The van der Waals surface area contributed by atoms with Crippen LogP contribution in [-0.4, -0.2) is 90.0 Å². The fourth-order valence-electron chi connectivity index (χ4n) is 4.48. The number of aliphatic hydroxyl groups is 1. The second kappa shape index (κ2) is 12.1. The van der Waals surface area contributed by atoms with Gasteiger partial charge in [-0.1, -0.05) is 18.7 Å². The summed E-state index contributed by atoms with van der Waals surface area (Å²) in [6.45, 7) is 8.53. The van der Waals surface area contributed by atoms with E-state index < -0.39 is 6.23 Å². The Morgan fingerprint density at radius 2 is 2.00 bits per heavy atom. The lowest BCUT2D eigenvalue weighted by Gasteiger charge is -2.37. The standard InChI is InChI=1S/C28H36N8O3/c1-5-23(37)35-13-15-36(16-14-35)27-19-7-6-8-22(39-26-18(2)9-10-21(30)20(26)17-29)25(19)32-28(33-27)31-12-11-24(38)34(3)4/h5-10,17,23,29,37H,1,11-16,30H2,2-4H3,(H,31,32,33). The highest BCUT2D eigenvalue weighted by molar-refractivity contribution is 5.95. The molecule has 1 aliphatic heterocycles. The molecule has 0 radical (unpaired) electrons. The molecule has 11 heteroatoms. The Kier molecular flexibility index (Phi) is 8.62. The smallest absolute Gasteiger partial charge is 0.225 e. The summed E-state index contributed by atoms with van der Waals surface area (Å²) < 4.78 is 6.38. The first-order valence-corrected chi connectivity index (χ1v) is 12.8. The van der Waals surface area contributed by atoms with Crippen molar-refractivity contribution in [2.45, 2.75) is 19.6 Å². The first kappa shape index (κ1) is 27.8. The fourth-order valence-corrected chi connectivity index (χ4v) is 4.48. The number of hydrogen-bond acceptors (Lipinski definition) is 10. The fraction of sp³-hybridized carbons (Fsp3) is 0.357. The molecule has 1 fully saturated rings. The molecule has 1 aromatic heterocycles. The number of anilines is 3. The van der Waals surface area contributed by atoms with Gasteiger partial charge in [0.25, 0.3) is 0 Å². The molecule has 0 saturated carbocycles. The molecule has 0 bridgehead atoms. The Balaban J connectivity index is 1.74. The number of benzene rings is 2. The molecule has 4 rings (SSSR count). The molecule has 206 valence electrons. The van der Waals surface area contributed by atoms with Gasteiger partial charge in [0, 0.05) is 70.5 Å². The van der Waals surface area contributed by atoms with Gasteiger partial charge in [-0.15, -0.1) is 0 Å². The summed E-state index contributed by atoms with van der Waals surface area (Å²) in [5, 5.41) is 22.1. The third kappa shape index (κ3) is 6.10. The maximum Gasteiger partial charge on any atom is 0.225 e. The van der Waals surface area contributed by atoms with Gasteiger partial charge in [-0.25, -0.2) is 4.98 Å². The number of aromatic nitrogens is 2. The average molecular weight is 533 g/mol. The molecule has 2 heterocycles. The van der Waals surface area contributed by atoms with Crippen molar-refractivity contribution in [3.8, 4) is 11.5 Å². The third-order valence-corrected chi connectivity index (χ3v) is 6.77. The summed E-state index contributed by atoms with van der Waals surface area (Å²) in [6, 6.07) is 9.27. The van der Waals surface area contributed by atoms with Gasteiger partial charge in [-0.3, -0.25) is 9.69 Å². The predicted molar refractivity (Wildman–Crippen MR) is 155 cm³/mol. The monoisotopic (exact) mass is 532 g/mol. The Labute approximate surface area is 228 Å². The molecule has 0 aliphatic carbocycles. The highest BCUT2D eigenvalue weighted by Crippen LogP contribution is 2.37. The van der Waals surface area contributed by atoms with Crippen molar-refractivity contribution in [2.24, 2.45) is 0 Å². The zero-order valence-corrected chi connectivity index (χ0v) is 22.6. The van der Waals surface area contributed by atoms with Crippen LogP contribution < -0.4 is 20.7 Å². The van der Waals surface area contributed by atoms with E-state index in [0.717, 1.165) is 16.8 Å². The minimum atomic E-state index is -0.689. The zero-order chi connectivity index (χ0) is 28.1. The van der Waals surface area contributed by atoms with Crippen LogP contribution in [0.4, 0.5) is 17.5 Å².